The summed E-state index contributed by atoms with van der Waals surface area (Å²) in [5, 5.41) is 7.35. The van der Waals surface area contributed by atoms with Gasteiger partial charge in [0.25, 0.3) is 5.91 Å². The average molecular weight is 376 g/mol. The van der Waals surface area contributed by atoms with Crippen LogP contribution in [0.4, 0.5) is 11.6 Å². The van der Waals surface area contributed by atoms with Gasteiger partial charge in [0.1, 0.15) is 16.9 Å². The standard InChI is InChI=1S/C16H18ClN7O2/c1-3-26-7-6-24-13-11(12(23-24)14(18)25)21-16(17)22-15(13)20-10-8-9(2)4-5-19-10/h4-5,8H,3,6-7H2,1-2H3,(H2,18,25)(H,19,20,21,22). The smallest absolute Gasteiger partial charge is 0.271 e. The number of pyridine rings is 1. The number of rotatable bonds is 7. The van der Waals surface area contributed by atoms with Crippen molar-refractivity contribution in [1.29, 1.82) is 0 Å². The van der Waals surface area contributed by atoms with Crippen LogP contribution in [0, 0.1) is 6.92 Å². The van der Waals surface area contributed by atoms with E-state index in [0.717, 1.165) is 5.56 Å². The van der Waals surface area contributed by atoms with E-state index in [1.54, 1.807) is 10.9 Å². The SMILES string of the molecule is CCOCCn1nc(C(N)=O)c2nc(Cl)nc(Nc3cc(C)ccn3)c21. The molecule has 3 aromatic rings. The molecule has 0 fully saturated rings. The zero-order chi connectivity index (χ0) is 18.7. The molecule has 0 radical (unpaired) electrons. The van der Waals surface area contributed by atoms with Gasteiger partial charge in [0.05, 0.1) is 13.2 Å². The lowest BCUT2D eigenvalue weighted by Crippen LogP contribution is -2.14. The Morgan fingerprint density at radius 3 is 2.92 bits per heavy atom. The van der Waals surface area contributed by atoms with E-state index in [1.165, 1.54) is 0 Å². The molecule has 0 saturated heterocycles. The number of primary amides is 1. The summed E-state index contributed by atoms with van der Waals surface area (Å²) >= 11 is 6.04. The minimum Gasteiger partial charge on any atom is -0.380 e. The molecule has 3 rings (SSSR count). The number of fused-ring (bicyclic) bond motifs is 1. The monoisotopic (exact) mass is 375 g/mol. The van der Waals surface area contributed by atoms with Crippen molar-refractivity contribution in [3.63, 3.8) is 0 Å². The maximum absolute atomic E-state index is 11.8. The summed E-state index contributed by atoms with van der Waals surface area (Å²) < 4.78 is 6.96. The molecule has 0 aliphatic carbocycles. The highest BCUT2D eigenvalue weighted by atomic mass is 35.5. The van der Waals surface area contributed by atoms with Crippen molar-refractivity contribution in [3.8, 4) is 0 Å². The van der Waals surface area contributed by atoms with Crippen LogP contribution in [0.5, 0.6) is 0 Å². The minimum absolute atomic E-state index is 0.0282. The Labute approximate surface area is 154 Å². The number of nitrogens with one attached hydrogen (secondary N) is 1. The number of carbonyl (C=O) groups excluding carboxylic acids is 1. The molecule has 3 aromatic heterocycles. The first-order chi connectivity index (χ1) is 12.5. The largest absolute Gasteiger partial charge is 0.380 e. The highest BCUT2D eigenvalue weighted by molar-refractivity contribution is 6.29. The summed E-state index contributed by atoms with van der Waals surface area (Å²) in [7, 11) is 0. The third kappa shape index (κ3) is 3.73. The van der Waals surface area contributed by atoms with Crippen LogP contribution in [0.25, 0.3) is 11.0 Å². The van der Waals surface area contributed by atoms with Gasteiger partial charge in [0.2, 0.25) is 5.28 Å². The highest BCUT2D eigenvalue weighted by Gasteiger charge is 2.21. The number of amides is 1. The molecule has 1 amide bonds. The summed E-state index contributed by atoms with van der Waals surface area (Å²) in [5.74, 6) is 0.272. The second-order valence-corrected chi connectivity index (χ2v) is 5.85. The number of anilines is 2. The zero-order valence-corrected chi connectivity index (χ0v) is 15.1. The summed E-state index contributed by atoms with van der Waals surface area (Å²) in [6.07, 6.45) is 1.68. The summed E-state index contributed by atoms with van der Waals surface area (Å²) in [6.45, 7) is 5.24. The van der Waals surface area contributed by atoms with E-state index in [4.69, 9.17) is 22.1 Å². The Hall–Kier alpha value is -2.78. The summed E-state index contributed by atoms with van der Waals surface area (Å²) in [5.41, 5.74) is 7.28. The van der Waals surface area contributed by atoms with Gasteiger partial charge in [-0.3, -0.25) is 9.48 Å². The molecular weight excluding hydrogens is 358 g/mol. The van der Waals surface area contributed by atoms with Gasteiger partial charge in [-0.15, -0.1) is 0 Å². The number of nitrogens with zero attached hydrogens (tertiary/aromatic N) is 5. The molecule has 0 bridgehead atoms. The van der Waals surface area contributed by atoms with Crippen LogP contribution in [-0.2, 0) is 11.3 Å². The van der Waals surface area contributed by atoms with Crippen molar-refractivity contribution in [1.82, 2.24) is 24.7 Å². The van der Waals surface area contributed by atoms with Crippen LogP contribution in [-0.4, -0.2) is 43.9 Å². The van der Waals surface area contributed by atoms with Crippen LogP contribution in [0.1, 0.15) is 23.0 Å². The van der Waals surface area contributed by atoms with Crippen LogP contribution in [0.2, 0.25) is 5.28 Å². The highest BCUT2D eigenvalue weighted by Crippen LogP contribution is 2.27. The van der Waals surface area contributed by atoms with Gasteiger partial charge < -0.3 is 15.8 Å². The number of aryl methyl sites for hydroxylation is 1. The third-order valence-corrected chi connectivity index (χ3v) is 3.78. The van der Waals surface area contributed by atoms with E-state index < -0.39 is 5.91 Å². The molecule has 136 valence electrons. The summed E-state index contributed by atoms with van der Waals surface area (Å²) in [4.78, 5) is 24.4. The first kappa shape index (κ1) is 18.0. The van der Waals surface area contributed by atoms with E-state index >= 15 is 0 Å². The quantitative estimate of drug-likeness (QED) is 0.478. The lowest BCUT2D eigenvalue weighted by atomic mass is 10.3. The topological polar surface area (TPSA) is 121 Å². The van der Waals surface area contributed by atoms with E-state index in [-0.39, 0.29) is 16.5 Å². The van der Waals surface area contributed by atoms with Crippen LogP contribution in [0.3, 0.4) is 0 Å². The number of hydrogen-bond donors (Lipinski definition) is 2. The van der Waals surface area contributed by atoms with Gasteiger partial charge in [0, 0.05) is 12.8 Å². The Bertz CT molecular complexity index is 957. The molecule has 26 heavy (non-hydrogen) atoms. The molecule has 0 aliphatic heterocycles. The normalized spacial score (nSPS) is 11.0. The van der Waals surface area contributed by atoms with Gasteiger partial charge >= 0.3 is 0 Å². The Kier molecular flexibility index (Phi) is 5.29. The molecule has 3 N–H and O–H groups in total. The zero-order valence-electron chi connectivity index (χ0n) is 14.4. The Morgan fingerprint density at radius 2 is 2.23 bits per heavy atom. The number of halogens is 1. The molecule has 10 heteroatoms. The fourth-order valence-electron chi connectivity index (χ4n) is 2.49. The van der Waals surface area contributed by atoms with Crippen LogP contribution in [0.15, 0.2) is 18.3 Å². The Morgan fingerprint density at radius 1 is 1.42 bits per heavy atom. The first-order valence-corrected chi connectivity index (χ1v) is 8.38. The van der Waals surface area contributed by atoms with Crippen LogP contribution < -0.4 is 11.1 Å². The van der Waals surface area contributed by atoms with Gasteiger partial charge in [-0.25, -0.2) is 9.97 Å². The first-order valence-electron chi connectivity index (χ1n) is 8.01. The fourth-order valence-corrected chi connectivity index (χ4v) is 2.66. The lowest BCUT2D eigenvalue weighted by Gasteiger charge is -2.09. The fraction of sp³-hybridized carbons (Fsp3) is 0.312. The molecule has 0 aliphatic rings. The van der Waals surface area contributed by atoms with E-state index in [0.29, 0.717) is 36.9 Å². The van der Waals surface area contributed by atoms with Crippen LogP contribution >= 0.6 is 11.6 Å². The second-order valence-electron chi connectivity index (χ2n) is 5.51. The number of aromatic nitrogens is 5. The van der Waals surface area contributed by atoms with E-state index in [2.05, 4.69) is 25.4 Å². The molecule has 0 unspecified atom stereocenters. The predicted octanol–water partition coefficient (Wildman–Crippen LogP) is 2.06. The molecule has 9 nitrogen and oxygen atoms in total. The van der Waals surface area contributed by atoms with Gasteiger partial charge in [-0.05, 0) is 43.1 Å². The lowest BCUT2D eigenvalue weighted by molar-refractivity contribution is 0.0994. The second kappa shape index (κ2) is 7.63. The van der Waals surface area contributed by atoms with Crippen molar-refractivity contribution in [2.24, 2.45) is 5.73 Å². The molecular formula is C16H18ClN7O2. The maximum atomic E-state index is 11.8. The number of nitrogens with two attached hydrogens (primary N) is 1. The predicted molar refractivity (Wildman–Crippen MR) is 97.6 cm³/mol. The van der Waals surface area contributed by atoms with E-state index in [1.807, 2.05) is 26.0 Å². The van der Waals surface area contributed by atoms with Crippen molar-refractivity contribution in [3.05, 3.63) is 34.9 Å². The molecule has 0 spiro atoms. The number of ether oxygens (including phenoxy) is 1. The minimum atomic E-state index is -0.695. The van der Waals surface area contributed by atoms with Gasteiger partial charge in [-0.1, -0.05) is 0 Å². The van der Waals surface area contributed by atoms with Crippen molar-refractivity contribution < 1.29 is 9.53 Å². The average Bonchev–Trinajstić information content (AvgIpc) is 2.94. The maximum Gasteiger partial charge on any atom is 0.271 e. The molecule has 3 heterocycles. The molecule has 0 atom stereocenters. The van der Waals surface area contributed by atoms with Crippen molar-refractivity contribution >= 4 is 40.2 Å². The van der Waals surface area contributed by atoms with Crippen molar-refractivity contribution in [2.75, 3.05) is 18.5 Å². The van der Waals surface area contributed by atoms with Crippen molar-refractivity contribution in [2.45, 2.75) is 20.4 Å². The van der Waals surface area contributed by atoms with Gasteiger partial charge in [0.15, 0.2) is 11.5 Å². The molecule has 0 aromatic carbocycles. The third-order valence-electron chi connectivity index (χ3n) is 3.61. The number of hydrogen-bond acceptors (Lipinski definition) is 7. The number of carbonyl (C=O) groups is 1. The van der Waals surface area contributed by atoms with Gasteiger partial charge in [-0.2, -0.15) is 10.1 Å². The Balaban J connectivity index is 2.12. The van der Waals surface area contributed by atoms with E-state index in [9.17, 15) is 4.79 Å². The summed E-state index contributed by atoms with van der Waals surface area (Å²) in [6, 6.07) is 3.74. The molecule has 0 saturated carbocycles.